The molecule has 26 heavy (non-hydrogen) atoms. The maximum Gasteiger partial charge on any atom is 0.673 e. The van der Waals surface area contributed by atoms with Gasteiger partial charge in [0.25, 0.3) is 0 Å². The van der Waals surface area contributed by atoms with Crippen LogP contribution in [0.15, 0.2) is 0 Å². The van der Waals surface area contributed by atoms with Crippen LogP contribution in [0.2, 0.25) is 0 Å². The maximum absolute atomic E-state index is 9.75. The van der Waals surface area contributed by atoms with Crippen molar-refractivity contribution in [3.8, 4) is 0 Å². The quantitative estimate of drug-likeness (QED) is 0.130. The second-order valence-electron chi connectivity index (χ2n) is 7.12. The highest BCUT2D eigenvalue weighted by molar-refractivity contribution is 7.73. The van der Waals surface area contributed by atoms with Gasteiger partial charge in [-0.3, -0.25) is 0 Å². The van der Waals surface area contributed by atoms with Crippen LogP contribution >= 0.6 is 14.1 Å². The summed E-state index contributed by atoms with van der Waals surface area (Å²) in [6, 6.07) is 0. The largest absolute Gasteiger partial charge is 0.673 e. The zero-order chi connectivity index (χ0) is 20.7. The minimum atomic E-state index is -6.00. The monoisotopic (exact) mass is 421 g/mol. The third-order valence-corrected chi connectivity index (χ3v) is 14.9. The molecule has 0 rings (SSSR count). The Morgan fingerprint density at radius 3 is 0.769 bits per heavy atom. The first kappa shape index (κ1) is 28.6. The van der Waals surface area contributed by atoms with Crippen LogP contribution in [-0.4, -0.2) is 44.2 Å². The van der Waals surface area contributed by atoms with Crippen LogP contribution < -0.4 is 4.17 Å². The molecule has 0 aromatic rings. The van der Waals surface area contributed by atoms with E-state index in [0.29, 0.717) is 0 Å². The van der Waals surface area contributed by atoms with E-state index in [-0.39, 0.29) is 0 Å². The third-order valence-electron chi connectivity index (χ3n) is 4.22. The molecule has 0 atom stereocenters. The van der Waals surface area contributed by atoms with Gasteiger partial charge in [0.15, 0.2) is 0 Å². The molecule has 0 spiro atoms. The van der Waals surface area contributed by atoms with Crippen molar-refractivity contribution in [1.29, 1.82) is 0 Å². The molecule has 160 valence electrons. The topological polar surface area (TPSA) is 14.1 Å². The lowest BCUT2D eigenvalue weighted by molar-refractivity contribution is 0.368. The van der Waals surface area contributed by atoms with E-state index in [9.17, 15) is 17.3 Å². The van der Waals surface area contributed by atoms with Crippen molar-refractivity contribution in [3.63, 3.8) is 0 Å². The molecule has 8 heteroatoms. The van der Waals surface area contributed by atoms with Crippen LogP contribution in [0.4, 0.5) is 17.3 Å². The molecule has 0 saturated heterocycles. The van der Waals surface area contributed by atoms with Gasteiger partial charge in [-0.15, -0.1) is 0 Å². The molecule has 0 aliphatic heterocycles. The fourth-order valence-electron chi connectivity index (χ4n) is 3.84. The molecule has 0 N–H and O–H groups in total. The molecular weight excluding hydrogens is 379 g/mol. The summed E-state index contributed by atoms with van der Waals surface area (Å²) in [5.41, 5.74) is 0. The lowest BCUT2D eigenvalue weighted by atomic mass is 10.3. The molecule has 1 nitrogen and oxygen atoms in total. The van der Waals surface area contributed by atoms with Gasteiger partial charge in [-0.05, 0) is 38.5 Å². The summed E-state index contributed by atoms with van der Waals surface area (Å²) < 4.78 is 44.9. The first-order chi connectivity index (χ1) is 12.1. The number of rotatable bonds is 12. The minimum absolute atomic E-state index is 1.03. The zero-order valence-electron chi connectivity index (χ0n) is 17.9. The van der Waals surface area contributed by atoms with Gasteiger partial charge in [0.1, 0.15) is 0 Å². The average molecular weight is 421 g/mol. The van der Waals surface area contributed by atoms with Crippen molar-refractivity contribution in [2.24, 2.45) is 0 Å². The Balaban J connectivity index is 0. The number of hydrogen-bond acceptors (Lipinski definition) is 0. The smallest absolute Gasteiger partial charge is 0.418 e. The van der Waals surface area contributed by atoms with E-state index in [1.807, 2.05) is 0 Å². The molecule has 0 aliphatic carbocycles. The maximum atomic E-state index is 9.75. The van der Waals surface area contributed by atoms with Crippen LogP contribution in [0.5, 0.6) is 0 Å². The summed E-state index contributed by atoms with van der Waals surface area (Å²) in [7, 11) is -8.06. The Labute approximate surface area is 160 Å². The fourth-order valence-corrected chi connectivity index (χ4v) is 15.5. The summed E-state index contributed by atoms with van der Waals surface area (Å²) in [4.78, 5) is 0. The van der Waals surface area contributed by atoms with Gasteiger partial charge < -0.3 is 17.3 Å². The van der Waals surface area contributed by atoms with Gasteiger partial charge in [-0.2, -0.15) is 4.17 Å². The molecule has 0 amide bonds. The summed E-state index contributed by atoms with van der Waals surface area (Å²) in [5, 5.41) is 0. The molecule has 0 radical (unpaired) electrons. The normalized spacial score (nSPS) is 12.4. The van der Waals surface area contributed by atoms with Crippen LogP contribution in [0, 0.1) is 0 Å². The predicted octanol–water partition coefficient (Wildman–Crippen LogP) is 8.22. The van der Waals surface area contributed by atoms with Gasteiger partial charge in [-0.25, -0.2) is 0 Å². The Hall–Kier alpha value is 0.355. The molecule has 0 bridgehead atoms. The first-order valence-corrected chi connectivity index (χ1v) is 15.0. The molecule has 0 aromatic heterocycles. The minimum Gasteiger partial charge on any atom is -0.418 e. The molecule has 0 fully saturated rings. The predicted molar refractivity (Wildman–Crippen MR) is 117 cm³/mol. The van der Waals surface area contributed by atoms with E-state index in [1.54, 1.807) is 0 Å². The van der Waals surface area contributed by atoms with E-state index in [0.717, 1.165) is 0 Å². The third kappa shape index (κ3) is 14.4. The Bertz CT molecular complexity index is 375. The summed E-state index contributed by atoms with van der Waals surface area (Å²) in [6.07, 6.45) is 16.6. The van der Waals surface area contributed by atoms with Gasteiger partial charge in [0, 0.05) is 37.0 Å². The van der Waals surface area contributed by atoms with Crippen LogP contribution in [0.25, 0.3) is 0 Å². The molecule has 0 aliphatic rings. The van der Waals surface area contributed by atoms with Gasteiger partial charge in [0.05, 0.1) is 0 Å². The standard InChI is InChI=1S/C18H42NP2.BF4/c1-7-13-20(14-8-2,15-9-3)19-21(16-10-4,17-11-5)18-12-6;2-1(3,4)5/h7-18H2,1-6H3;/q+1;-1. The molecule has 0 unspecified atom stereocenters. The highest BCUT2D eigenvalue weighted by Crippen LogP contribution is 2.55. The van der Waals surface area contributed by atoms with Crippen molar-refractivity contribution in [1.82, 2.24) is 4.17 Å². The van der Waals surface area contributed by atoms with Crippen molar-refractivity contribution < 1.29 is 17.3 Å². The molecular formula is C18H42BF4NP2. The SMILES string of the molecule is CCCP(CCC)(CCC)=[N+]=P(CCC)(CCC)CCC.F[B-](F)(F)F. The van der Waals surface area contributed by atoms with E-state index in [4.69, 9.17) is 4.17 Å². The molecule has 0 heterocycles. The van der Waals surface area contributed by atoms with Crippen LogP contribution in [-0.2, 0) is 0 Å². The lowest BCUT2D eigenvalue weighted by Crippen LogP contribution is -2.07. The van der Waals surface area contributed by atoms with Gasteiger partial charge in [-0.1, -0.05) is 41.5 Å². The highest BCUT2D eigenvalue weighted by atomic mass is 31.2. The Morgan fingerprint density at radius 1 is 0.500 bits per heavy atom. The summed E-state index contributed by atoms with van der Waals surface area (Å²) in [6.45, 7) is 14.2. The second kappa shape index (κ2) is 15.3. The van der Waals surface area contributed by atoms with E-state index >= 15 is 0 Å². The van der Waals surface area contributed by atoms with E-state index < -0.39 is 21.4 Å². The average Bonchev–Trinajstić information content (AvgIpc) is 2.47. The first-order valence-electron chi connectivity index (χ1n) is 10.4. The van der Waals surface area contributed by atoms with E-state index in [2.05, 4.69) is 41.5 Å². The fraction of sp³-hybridized carbons (Fsp3) is 1.00. The van der Waals surface area contributed by atoms with Crippen molar-refractivity contribution in [2.75, 3.05) is 37.0 Å². The zero-order valence-corrected chi connectivity index (χ0v) is 19.7. The summed E-state index contributed by atoms with van der Waals surface area (Å²) >= 11 is 0. The number of nitrogens with zero attached hydrogens (tertiary/aromatic N) is 1. The van der Waals surface area contributed by atoms with E-state index in [1.165, 1.54) is 75.5 Å². The second-order valence-corrected chi connectivity index (χ2v) is 14.9. The molecule has 0 aromatic carbocycles. The Morgan fingerprint density at radius 2 is 0.654 bits per heavy atom. The Kier molecular flexibility index (Phi) is 16.8. The number of halogens is 4. The highest BCUT2D eigenvalue weighted by Gasteiger charge is 2.33. The van der Waals surface area contributed by atoms with Gasteiger partial charge in [0.2, 0.25) is 14.1 Å². The molecule has 0 saturated carbocycles. The number of hydrogen-bond donors (Lipinski definition) is 0. The van der Waals surface area contributed by atoms with Crippen molar-refractivity contribution in [2.45, 2.75) is 80.1 Å². The summed E-state index contributed by atoms with van der Waals surface area (Å²) in [5.74, 6) is 0. The van der Waals surface area contributed by atoms with Crippen LogP contribution in [0.3, 0.4) is 0 Å². The van der Waals surface area contributed by atoms with Crippen molar-refractivity contribution in [3.05, 3.63) is 0 Å². The van der Waals surface area contributed by atoms with Gasteiger partial charge >= 0.3 is 7.25 Å². The lowest BCUT2D eigenvalue weighted by Gasteiger charge is -2.17. The van der Waals surface area contributed by atoms with Crippen molar-refractivity contribution >= 4 is 21.4 Å². The van der Waals surface area contributed by atoms with Crippen LogP contribution in [0.1, 0.15) is 80.1 Å².